The Labute approximate surface area is 119 Å². The minimum Gasteiger partial charge on any atom is -0.392 e. The van der Waals surface area contributed by atoms with Crippen molar-refractivity contribution < 1.29 is 17.9 Å². The van der Waals surface area contributed by atoms with Gasteiger partial charge in [0.25, 0.3) is 0 Å². The Morgan fingerprint density at radius 3 is 2.45 bits per heavy atom. The summed E-state index contributed by atoms with van der Waals surface area (Å²) in [5.41, 5.74) is -0.00580. The van der Waals surface area contributed by atoms with Crippen molar-refractivity contribution in [2.24, 2.45) is 0 Å². The highest BCUT2D eigenvalue weighted by atomic mass is 32.2. The highest BCUT2D eigenvalue weighted by Gasteiger charge is 2.21. The molecule has 0 saturated heterocycles. The van der Waals surface area contributed by atoms with Gasteiger partial charge in [0, 0.05) is 11.6 Å². The van der Waals surface area contributed by atoms with Gasteiger partial charge in [-0.3, -0.25) is 0 Å². The molecule has 1 fully saturated rings. The molecule has 0 aromatic heterocycles. The molecular formula is C14H20FNO3S. The van der Waals surface area contributed by atoms with Gasteiger partial charge in [-0.25, -0.2) is 17.5 Å². The fourth-order valence-electron chi connectivity index (χ4n) is 2.52. The summed E-state index contributed by atoms with van der Waals surface area (Å²) in [6, 6.07) is 3.44. The lowest BCUT2D eigenvalue weighted by Gasteiger charge is -2.16. The standard InChI is InChI=1S/C14H20FNO3S/c15-14-8-7-13(9-11(14)10-17)20(18,19)16-12-5-3-1-2-4-6-12/h7-9,12,16-17H,1-6,10H2. The third-order valence-corrected chi connectivity index (χ3v) is 5.19. The number of benzene rings is 1. The monoisotopic (exact) mass is 301 g/mol. The van der Waals surface area contributed by atoms with Gasteiger partial charge in [0.1, 0.15) is 5.82 Å². The number of halogens is 1. The molecule has 1 aliphatic rings. The predicted octanol–water partition coefficient (Wildman–Crippen LogP) is 2.32. The van der Waals surface area contributed by atoms with Crippen LogP contribution in [0.1, 0.15) is 44.1 Å². The summed E-state index contributed by atoms with van der Waals surface area (Å²) in [6.07, 6.45) is 6.02. The number of hydrogen-bond acceptors (Lipinski definition) is 3. The van der Waals surface area contributed by atoms with Crippen molar-refractivity contribution in [3.63, 3.8) is 0 Å². The van der Waals surface area contributed by atoms with E-state index in [1.807, 2.05) is 0 Å². The Morgan fingerprint density at radius 1 is 1.20 bits per heavy atom. The number of aliphatic hydroxyl groups is 1. The molecule has 4 nitrogen and oxygen atoms in total. The molecule has 0 aliphatic heterocycles. The predicted molar refractivity (Wildman–Crippen MR) is 74.1 cm³/mol. The van der Waals surface area contributed by atoms with Crippen LogP contribution in [0.15, 0.2) is 23.1 Å². The fourth-order valence-corrected chi connectivity index (χ4v) is 3.88. The molecular weight excluding hydrogens is 281 g/mol. The Balaban J connectivity index is 2.17. The van der Waals surface area contributed by atoms with Crippen LogP contribution in [-0.2, 0) is 16.6 Å². The van der Waals surface area contributed by atoms with Crippen molar-refractivity contribution in [3.05, 3.63) is 29.6 Å². The maximum atomic E-state index is 13.3. The second-order valence-corrected chi connectivity index (χ2v) is 6.94. The van der Waals surface area contributed by atoms with E-state index in [1.54, 1.807) is 0 Å². The molecule has 0 radical (unpaired) electrons. The van der Waals surface area contributed by atoms with E-state index in [9.17, 15) is 12.8 Å². The van der Waals surface area contributed by atoms with Crippen LogP contribution in [0.25, 0.3) is 0 Å². The quantitative estimate of drug-likeness (QED) is 0.839. The van der Waals surface area contributed by atoms with Gasteiger partial charge in [-0.05, 0) is 31.0 Å². The Hall–Kier alpha value is -0.980. The zero-order chi connectivity index (χ0) is 14.6. The summed E-state index contributed by atoms with van der Waals surface area (Å²) >= 11 is 0. The van der Waals surface area contributed by atoms with E-state index in [0.717, 1.165) is 44.6 Å². The van der Waals surface area contributed by atoms with E-state index in [4.69, 9.17) is 5.11 Å². The van der Waals surface area contributed by atoms with Crippen LogP contribution in [0.3, 0.4) is 0 Å². The summed E-state index contributed by atoms with van der Waals surface area (Å²) in [4.78, 5) is 0.00666. The SMILES string of the molecule is O=S(=O)(NC1CCCCCC1)c1ccc(F)c(CO)c1. The van der Waals surface area contributed by atoms with Crippen molar-refractivity contribution in [2.75, 3.05) is 0 Å². The van der Waals surface area contributed by atoms with Gasteiger partial charge in [-0.15, -0.1) is 0 Å². The van der Waals surface area contributed by atoms with Gasteiger partial charge < -0.3 is 5.11 Å². The van der Waals surface area contributed by atoms with Gasteiger partial charge in [0.2, 0.25) is 10.0 Å². The summed E-state index contributed by atoms with van der Waals surface area (Å²) < 4.78 is 40.5. The van der Waals surface area contributed by atoms with Crippen molar-refractivity contribution in [3.8, 4) is 0 Å². The first kappa shape index (κ1) is 15.4. The van der Waals surface area contributed by atoms with Crippen LogP contribution < -0.4 is 4.72 Å². The molecule has 0 spiro atoms. The van der Waals surface area contributed by atoms with Gasteiger partial charge in [-0.1, -0.05) is 25.7 Å². The highest BCUT2D eigenvalue weighted by Crippen LogP contribution is 2.20. The van der Waals surface area contributed by atoms with Crippen LogP contribution in [-0.4, -0.2) is 19.6 Å². The average Bonchev–Trinajstić information content (AvgIpc) is 2.67. The Morgan fingerprint density at radius 2 is 1.85 bits per heavy atom. The lowest BCUT2D eigenvalue weighted by molar-refractivity contribution is 0.275. The zero-order valence-corrected chi connectivity index (χ0v) is 12.1. The van der Waals surface area contributed by atoms with Crippen LogP contribution >= 0.6 is 0 Å². The molecule has 2 rings (SSSR count). The fraction of sp³-hybridized carbons (Fsp3) is 0.571. The van der Waals surface area contributed by atoms with Crippen molar-refractivity contribution >= 4 is 10.0 Å². The molecule has 112 valence electrons. The number of aliphatic hydroxyl groups excluding tert-OH is 1. The van der Waals surface area contributed by atoms with Gasteiger partial charge in [0.05, 0.1) is 11.5 Å². The summed E-state index contributed by atoms with van der Waals surface area (Å²) in [5.74, 6) is -0.596. The average molecular weight is 301 g/mol. The molecule has 2 N–H and O–H groups in total. The van der Waals surface area contributed by atoms with Gasteiger partial charge in [0.15, 0.2) is 0 Å². The molecule has 0 unspecified atom stereocenters. The van der Waals surface area contributed by atoms with Crippen LogP contribution in [0, 0.1) is 5.82 Å². The van der Waals surface area contributed by atoms with Crippen LogP contribution in [0.4, 0.5) is 4.39 Å². The molecule has 6 heteroatoms. The third-order valence-electron chi connectivity index (χ3n) is 3.67. The summed E-state index contributed by atoms with van der Waals surface area (Å²) in [7, 11) is -3.65. The molecule has 0 atom stereocenters. The van der Waals surface area contributed by atoms with Crippen LogP contribution in [0.2, 0.25) is 0 Å². The molecule has 1 saturated carbocycles. The molecule has 1 aromatic rings. The van der Waals surface area contributed by atoms with E-state index >= 15 is 0 Å². The highest BCUT2D eigenvalue weighted by molar-refractivity contribution is 7.89. The smallest absolute Gasteiger partial charge is 0.240 e. The molecule has 1 aromatic carbocycles. The van der Waals surface area contributed by atoms with Gasteiger partial charge in [-0.2, -0.15) is 0 Å². The largest absolute Gasteiger partial charge is 0.392 e. The molecule has 0 bridgehead atoms. The van der Waals surface area contributed by atoms with Crippen molar-refractivity contribution in [1.29, 1.82) is 0 Å². The second-order valence-electron chi connectivity index (χ2n) is 5.22. The Kier molecular flexibility index (Phi) is 5.12. The van der Waals surface area contributed by atoms with Crippen molar-refractivity contribution in [1.82, 2.24) is 4.72 Å². The summed E-state index contributed by atoms with van der Waals surface area (Å²) in [6.45, 7) is -0.515. The first-order valence-electron chi connectivity index (χ1n) is 6.94. The first-order valence-corrected chi connectivity index (χ1v) is 8.43. The minimum atomic E-state index is -3.65. The van der Waals surface area contributed by atoms with Crippen molar-refractivity contribution in [2.45, 2.75) is 56.1 Å². The van der Waals surface area contributed by atoms with E-state index in [0.29, 0.717) is 0 Å². The van der Waals surface area contributed by atoms with E-state index in [2.05, 4.69) is 4.72 Å². The molecule has 0 amide bonds. The summed E-state index contributed by atoms with van der Waals surface area (Å²) in [5, 5.41) is 9.01. The maximum Gasteiger partial charge on any atom is 0.240 e. The number of sulfonamides is 1. The normalized spacial score (nSPS) is 17.9. The maximum absolute atomic E-state index is 13.3. The molecule has 20 heavy (non-hydrogen) atoms. The lowest BCUT2D eigenvalue weighted by Crippen LogP contribution is -2.34. The second kappa shape index (κ2) is 6.65. The van der Waals surface area contributed by atoms with Crippen LogP contribution in [0.5, 0.6) is 0 Å². The zero-order valence-electron chi connectivity index (χ0n) is 11.3. The molecule has 0 heterocycles. The van der Waals surface area contributed by atoms with E-state index in [1.165, 1.54) is 12.1 Å². The number of nitrogens with one attached hydrogen (secondary N) is 1. The molecule has 1 aliphatic carbocycles. The lowest BCUT2D eigenvalue weighted by atomic mass is 10.1. The van der Waals surface area contributed by atoms with E-state index in [-0.39, 0.29) is 16.5 Å². The first-order chi connectivity index (χ1) is 9.53. The number of hydrogen-bond donors (Lipinski definition) is 2. The third kappa shape index (κ3) is 3.77. The Bertz CT molecular complexity index is 552. The number of rotatable bonds is 4. The topological polar surface area (TPSA) is 66.4 Å². The minimum absolute atomic E-state index is 0.00580. The van der Waals surface area contributed by atoms with Gasteiger partial charge >= 0.3 is 0 Å². The van der Waals surface area contributed by atoms with E-state index < -0.39 is 22.4 Å².